The second-order valence-electron chi connectivity index (χ2n) is 12.8. The highest BCUT2D eigenvalue weighted by Gasteiger charge is 2.40. The molecule has 0 saturated carbocycles. The molecule has 50 heavy (non-hydrogen) atoms. The lowest BCUT2D eigenvalue weighted by molar-refractivity contribution is -0.146. The molecular formula is C34H39N5O11. The average molecular weight is 694 g/mol. The van der Waals surface area contributed by atoms with Crippen LogP contribution in [0.2, 0.25) is 0 Å². The van der Waals surface area contributed by atoms with Crippen molar-refractivity contribution in [2.45, 2.75) is 70.9 Å². The van der Waals surface area contributed by atoms with Crippen LogP contribution in [0.5, 0.6) is 11.5 Å². The SMILES string of the molecule is COC(=O)[C@@H]1COC(=O)c2ccc3c(O)c4ccccc4c(c3c2)OC(NC(C)=O)C(=O)NC(C)(C)C(=O)NC(C)(C)C(=O)N[C@@H](C)C(=O)N1. The first-order valence-corrected chi connectivity index (χ1v) is 15.5. The summed E-state index contributed by atoms with van der Waals surface area (Å²) >= 11 is 0. The van der Waals surface area contributed by atoms with Crippen molar-refractivity contribution in [3.63, 3.8) is 0 Å². The summed E-state index contributed by atoms with van der Waals surface area (Å²) < 4.78 is 16.3. The number of phenols is 1. The van der Waals surface area contributed by atoms with Gasteiger partial charge in [-0.1, -0.05) is 24.3 Å². The zero-order chi connectivity index (χ0) is 37.1. The normalized spacial score (nSPS) is 21.7. The third-order valence-corrected chi connectivity index (χ3v) is 7.91. The maximum Gasteiger partial charge on any atom is 0.338 e. The third kappa shape index (κ3) is 7.85. The molecule has 5 amide bonds. The van der Waals surface area contributed by atoms with Crippen LogP contribution >= 0.6 is 0 Å². The number of carbonyl (C=O) groups is 7. The van der Waals surface area contributed by atoms with Crippen LogP contribution in [0.15, 0.2) is 42.5 Å². The molecule has 0 aromatic heterocycles. The van der Waals surface area contributed by atoms with Crippen LogP contribution in [0.1, 0.15) is 51.9 Å². The number of methoxy groups -OCH3 is 1. The Morgan fingerprint density at radius 3 is 2.12 bits per heavy atom. The quantitative estimate of drug-likeness (QED) is 0.161. The number of nitrogens with one attached hydrogen (secondary N) is 5. The van der Waals surface area contributed by atoms with E-state index in [2.05, 4.69) is 26.6 Å². The fourth-order valence-electron chi connectivity index (χ4n) is 5.04. The Labute approximate surface area is 286 Å². The van der Waals surface area contributed by atoms with E-state index in [9.17, 15) is 38.7 Å². The van der Waals surface area contributed by atoms with E-state index in [1.165, 1.54) is 52.8 Å². The summed E-state index contributed by atoms with van der Waals surface area (Å²) in [4.78, 5) is 91.5. The number of aromatic hydroxyl groups is 1. The summed E-state index contributed by atoms with van der Waals surface area (Å²) in [5, 5.41) is 24.5. The predicted molar refractivity (Wildman–Crippen MR) is 178 cm³/mol. The number of phenolic OH excluding ortho intramolecular Hbond substituents is 1. The molecule has 16 heteroatoms. The Kier molecular flexibility index (Phi) is 10.5. The first-order chi connectivity index (χ1) is 23.4. The molecule has 3 aromatic rings. The molecule has 0 aliphatic carbocycles. The van der Waals surface area contributed by atoms with Crippen LogP contribution in [0.25, 0.3) is 21.5 Å². The van der Waals surface area contributed by atoms with Gasteiger partial charge in [0.2, 0.25) is 23.6 Å². The summed E-state index contributed by atoms with van der Waals surface area (Å²) in [7, 11) is 1.07. The van der Waals surface area contributed by atoms with Crippen molar-refractivity contribution in [3.05, 3.63) is 48.0 Å². The number of ether oxygens (including phenoxy) is 3. The van der Waals surface area contributed by atoms with Gasteiger partial charge in [0.25, 0.3) is 12.1 Å². The largest absolute Gasteiger partial charge is 0.507 e. The van der Waals surface area contributed by atoms with E-state index in [4.69, 9.17) is 14.2 Å². The van der Waals surface area contributed by atoms with Crippen LogP contribution in [0.3, 0.4) is 0 Å². The molecule has 1 aliphatic rings. The summed E-state index contributed by atoms with van der Waals surface area (Å²) in [6.45, 7) is 7.28. The minimum atomic E-state index is -1.74. The van der Waals surface area contributed by atoms with Crippen molar-refractivity contribution in [1.82, 2.24) is 26.6 Å². The fourth-order valence-corrected chi connectivity index (χ4v) is 5.04. The topological polar surface area (TPSA) is 228 Å². The number of benzene rings is 3. The molecule has 16 nitrogen and oxygen atoms in total. The zero-order valence-electron chi connectivity index (χ0n) is 28.5. The van der Waals surface area contributed by atoms with E-state index < -0.39 is 77.5 Å². The number of rotatable bonds is 2. The number of hydrogen-bond acceptors (Lipinski definition) is 11. The molecule has 3 aromatic carbocycles. The molecular weight excluding hydrogens is 654 g/mol. The van der Waals surface area contributed by atoms with E-state index in [0.717, 1.165) is 14.0 Å². The van der Waals surface area contributed by atoms with E-state index in [-0.39, 0.29) is 27.8 Å². The molecule has 4 rings (SSSR count). The summed E-state index contributed by atoms with van der Waals surface area (Å²) in [5.41, 5.74) is -3.39. The highest BCUT2D eigenvalue weighted by Crippen LogP contribution is 2.42. The number of fused-ring (bicyclic) bond motifs is 3. The molecule has 2 bridgehead atoms. The van der Waals surface area contributed by atoms with Crippen LogP contribution < -0.4 is 31.3 Å². The number of cyclic esters (lactones) is 1. The minimum absolute atomic E-state index is 0.0170. The van der Waals surface area contributed by atoms with Crippen molar-refractivity contribution in [2.75, 3.05) is 13.7 Å². The van der Waals surface area contributed by atoms with Gasteiger partial charge in [-0.3, -0.25) is 24.0 Å². The van der Waals surface area contributed by atoms with Gasteiger partial charge in [-0.05, 0) is 52.8 Å². The van der Waals surface area contributed by atoms with Gasteiger partial charge >= 0.3 is 11.9 Å². The lowest BCUT2D eigenvalue weighted by atomic mass is 9.98. The van der Waals surface area contributed by atoms with E-state index in [1.54, 1.807) is 24.3 Å². The van der Waals surface area contributed by atoms with Gasteiger partial charge in [0.15, 0.2) is 6.04 Å². The van der Waals surface area contributed by atoms with Gasteiger partial charge in [0, 0.05) is 28.5 Å². The molecule has 0 fully saturated rings. The molecule has 1 heterocycles. The van der Waals surface area contributed by atoms with Gasteiger partial charge in [-0.15, -0.1) is 0 Å². The van der Waals surface area contributed by atoms with Gasteiger partial charge in [0.05, 0.1) is 12.7 Å². The Hall–Kier alpha value is -5.93. The van der Waals surface area contributed by atoms with Crippen molar-refractivity contribution >= 4 is 63.0 Å². The lowest BCUT2D eigenvalue weighted by Crippen LogP contribution is -2.65. The molecule has 6 N–H and O–H groups in total. The molecule has 266 valence electrons. The van der Waals surface area contributed by atoms with Crippen molar-refractivity contribution in [1.29, 1.82) is 0 Å². The minimum Gasteiger partial charge on any atom is -0.507 e. The predicted octanol–water partition coefficient (Wildman–Crippen LogP) is 0.662. The van der Waals surface area contributed by atoms with Crippen LogP contribution in [-0.4, -0.2) is 89.7 Å². The van der Waals surface area contributed by atoms with E-state index in [1.807, 2.05) is 0 Å². The van der Waals surface area contributed by atoms with Gasteiger partial charge < -0.3 is 45.9 Å². The lowest BCUT2D eigenvalue weighted by Gasteiger charge is -2.33. The monoisotopic (exact) mass is 693 g/mol. The van der Waals surface area contributed by atoms with Gasteiger partial charge in [-0.25, -0.2) is 9.59 Å². The Morgan fingerprint density at radius 1 is 0.860 bits per heavy atom. The third-order valence-electron chi connectivity index (χ3n) is 7.91. The average Bonchev–Trinajstić information content (AvgIpc) is 3.05. The maximum atomic E-state index is 13.7. The number of esters is 2. The molecule has 1 unspecified atom stereocenters. The fraction of sp³-hybridized carbons (Fsp3) is 0.382. The molecule has 1 aliphatic heterocycles. The first kappa shape index (κ1) is 36.9. The Bertz CT molecular complexity index is 1910. The van der Waals surface area contributed by atoms with E-state index >= 15 is 0 Å². The van der Waals surface area contributed by atoms with Crippen LogP contribution in [0, 0.1) is 0 Å². The Balaban J connectivity index is 1.88. The summed E-state index contributed by atoms with van der Waals surface area (Å²) in [6.07, 6.45) is -1.74. The van der Waals surface area contributed by atoms with Crippen LogP contribution in [0.4, 0.5) is 0 Å². The Morgan fingerprint density at radius 2 is 1.48 bits per heavy atom. The maximum absolute atomic E-state index is 13.7. The number of carbonyl (C=O) groups excluding carboxylic acids is 7. The summed E-state index contributed by atoms with van der Waals surface area (Å²) in [6, 6.07) is 7.89. The van der Waals surface area contributed by atoms with Crippen molar-refractivity contribution < 1.29 is 52.9 Å². The molecule has 0 saturated heterocycles. The van der Waals surface area contributed by atoms with Gasteiger partial charge in [-0.2, -0.15) is 0 Å². The highest BCUT2D eigenvalue weighted by atomic mass is 16.5. The summed E-state index contributed by atoms with van der Waals surface area (Å²) in [5.74, 6) is -6.10. The molecule has 3 atom stereocenters. The first-order valence-electron chi connectivity index (χ1n) is 15.5. The second-order valence-corrected chi connectivity index (χ2v) is 12.8. The smallest absolute Gasteiger partial charge is 0.338 e. The highest BCUT2D eigenvalue weighted by molar-refractivity contribution is 6.12. The van der Waals surface area contributed by atoms with E-state index in [0.29, 0.717) is 10.8 Å². The zero-order valence-corrected chi connectivity index (χ0v) is 28.5. The van der Waals surface area contributed by atoms with Crippen LogP contribution in [-0.2, 0) is 38.2 Å². The molecule has 0 radical (unpaired) electrons. The van der Waals surface area contributed by atoms with Crippen molar-refractivity contribution in [2.24, 2.45) is 0 Å². The molecule has 0 spiro atoms. The second kappa shape index (κ2) is 14.3. The standard InChI is InChI=1S/C34H39N5O11/c1-16-26(42)37-23(30(45)48-7)15-49-29(44)18-12-13-20-22(14-18)25(21-11-9-8-10-19(21)24(20)41)50-28(36-17(2)40)27(43)38-34(5,6)32(47)39-33(3,4)31(46)35-16/h8-14,16,23,28,41H,15H2,1-7H3,(H,35,46)(H,36,40)(H,37,42)(H,38,43)(H,39,47)/t16-,23-,28?/m0/s1. The number of hydrogen-bond donors (Lipinski definition) is 6. The van der Waals surface area contributed by atoms with Crippen molar-refractivity contribution in [3.8, 4) is 11.5 Å². The number of amides is 5. The van der Waals surface area contributed by atoms with Gasteiger partial charge in [0.1, 0.15) is 35.2 Å².